The summed E-state index contributed by atoms with van der Waals surface area (Å²) in [5.74, 6) is 0. The molecule has 0 amide bonds. The van der Waals surface area contributed by atoms with Gasteiger partial charge in [-0.1, -0.05) is 50.1 Å². The fourth-order valence-corrected chi connectivity index (χ4v) is 3.12. The van der Waals surface area contributed by atoms with Crippen molar-refractivity contribution in [3.8, 4) is 0 Å². The molecule has 19 heavy (non-hydrogen) atoms. The minimum atomic E-state index is -0.119. The second kappa shape index (κ2) is 7.66. The van der Waals surface area contributed by atoms with Gasteiger partial charge in [0.15, 0.2) is 0 Å². The van der Waals surface area contributed by atoms with Crippen LogP contribution in [0.25, 0.3) is 0 Å². The van der Waals surface area contributed by atoms with E-state index in [4.69, 9.17) is 0 Å². The summed E-state index contributed by atoms with van der Waals surface area (Å²) in [6.07, 6.45) is 6.70. The number of hydrogen-bond acceptors (Lipinski definition) is 2. The number of hydrogen-bond donors (Lipinski definition) is 1. The van der Waals surface area contributed by atoms with Crippen LogP contribution in [0.1, 0.15) is 51.0 Å². The van der Waals surface area contributed by atoms with Crippen molar-refractivity contribution in [2.75, 3.05) is 6.54 Å². The Morgan fingerprint density at radius 3 is 2.79 bits per heavy atom. The molecule has 2 atom stereocenters. The highest BCUT2D eigenvalue weighted by Gasteiger charge is 2.24. The molecule has 0 radical (unpaired) electrons. The van der Waals surface area contributed by atoms with Gasteiger partial charge in [0.05, 0.1) is 6.10 Å². The summed E-state index contributed by atoms with van der Waals surface area (Å²) < 4.78 is 0. The number of likely N-dealkylation sites (tertiary alicyclic amines) is 1. The standard InChI is InChI=1S/C17H27NO/c1-2-8-17(19)13-16-11-6-7-12-18(16)14-15-9-4-3-5-10-15/h3-5,9-10,16-17,19H,2,6-8,11-14H2,1H3/t16-,17-/m0/s1. The van der Waals surface area contributed by atoms with E-state index in [2.05, 4.69) is 42.2 Å². The van der Waals surface area contributed by atoms with Crippen LogP contribution in [0.2, 0.25) is 0 Å². The minimum absolute atomic E-state index is 0.119. The van der Waals surface area contributed by atoms with Gasteiger partial charge in [-0.3, -0.25) is 4.90 Å². The predicted molar refractivity (Wildman–Crippen MR) is 80.0 cm³/mol. The monoisotopic (exact) mass is 261 g/mol. The first kappa shape index (κ1) is 14.5. The van der Waals surface area contributed by atoms with Crippen LogP contribution in [0.5, 0.6) is 0 Å². The highest BCUT2D eigenvalue weighted by molar-refractivity contribution is 5.14. The van der Waals surface area contributed by atoms with Crippen molar-refractivity contribution < 1.29 is 5.11 Å². The van der Waals surface area contributed by atoms with E-state index in [-0.39, 0.29) is 6.10 Å². The number of piperidine rings is 1. The van der Waals surface area contributed by atoms with Crippen molar-refractivity contribution in [3.05, 3.63) is 35.9 Å². The lowest BCUT2D eigenvalue weighted by Gasteiger charge is -2.37. The third-order valence-electron chi connectivity index (χ3n) is 4.14. The first-order chi connectivity index (χ1) is 9.29. The Bertz CT molecular complexity index is 352. The smallest absolute Gasteiger partial charge is 0.0555 e. The molecule has 0 saturated carbocycles. The lowest BCUT2D eigenvalue weighted by molar-refractivity contribution is 0.0695. The van der Waals surface area contributed by atoms with Crippen LogP contribution in [0, 0.1) is 0 Å². The van der Waals surface area contributed by atoms with Crippen LogP contribution in [-0.4, -0.2) is 28.7 Å². The Labute approximate surface area is 117 Å². The number of aliphatic hydroxyl groups is 1. The normalized spacial score (nSPS) is 22.3. The van der Waals surface area contributed by atoms with Crippen molar-refractivity contribution in [2.45, 2.75) is 64.1 Å². The second-order valence-electron chi connectivity index (χ2n) is 5.78. The lowest BCUT2D eigenvalue weighted by atomic mass is 9.95. The fourth-order valence-electron chi connectivity index (χ4n) is 3.12. The molecule has 1 aromatic carbocycles. The van der Waals surface area contributed by atoms with Gasteiger partial charge in [-0.2, -0.15) is 0 Å². The molecule has 1 N–H and O–H groups in total. The van der Waals surface area contributed by atoms with Crippen molar-refractivity contribution in [1.29, 1.82) is 0 Å². The van der Waals surface area contributed by atoms with Gasteiger partial charge in [-0.25, -0.2) is 0 Å². The largest absolute Gasteiger partial charge is 0.393 e. The molecule has 106 valence electrons. The number of rotatable bonds is 6. The molecular weight excluding hydrogens is 234 g/mol. The summed E-state index contributed by atoms with van der Waals surface area (Å²) in [7, 11) is 0. The molecule has 2 nitrogen and oxygen atoms in total. The molecule has 1 heterocycles. The van der Waals surface area contributed by atoms with E-state index in [1.165, 1.54) is 31.4 Å². The quantitative estimate of drug-likeness (QED) is 0.846. The second-order valence-corrected chi connectivity index (χ2v) is 5.78. The topological polar surface area (TPSA) is 23.5 Å². The van der Waals surface area contributed by atoms with Gasteiger partial charge < -0.3 is 5.11 Å². The molecular formula is C17H27NO. The summed E-state index contributed by atoms with van der Waals surface area (Å²) in [6.45, 7) is 4.36. The van der Waals surface area contributed by atoms with Crippen LogP contribution < -0.4 is 0 Å². The highest BCUT2D eigenvalue weighted by atomic mass is 16.3. The van der Waals surface area contributed by atoms with Crippen molar-refractivity contribution in [3.63, 3.8) is 0 Å². The molecule has 2 heteroatoms. The maximum atomic E-state index is 10.1. The summed E-state index contributed by atoms with van der Waals surface area (Å²) >= 11 is 0. The molecule has 1 aliphatic heterocycles. The SMILES string of the molecule is CCC[C@H](O)C[C@@H]1CCCCN1Cc1ccccc1. The molecule has 1 aliphatic rings. The van der Waals surface area contributed by atoms with E-state index in [0.29, 0.717) is 6.04 Å². The van der Waals surface area contributed by atoms with Crippen LogP contribution in [0.4, 0.5) is 0 Å². The van der Waals surface area contributed by atoms with Gasteiger partial charge in [0.2, 0.25) is 0 Å². The molecule has 1 fully saturated rings. The Hall–Kier alpha value is -0.860. The first-order valence-electron chi connectivity index (χ1n) is 7.75. The molecule has 0 aromatic heterocycles. The van der Waals surface area contributed by atoms with Crippen molar-refractivity contribution in [1.82, 2.24) is 4.90 Å². The first-order valence-corrected chi connectivity index (χ1v) is 7.75. The molecule has 2 rings (SSSR count). The summed E-state index contributed by atoms with van der Waals surface area (Å²) in [4.78, 5) is 2.57. The molecule has 0 bridgehead atoms. The maximum absolute atomic E-state index is 10.1. The molecule has 1 aromatic rings. The summed E-state index contributed by atoms with van der Waals surface area (Å²) in [6, 6.07) is 11.3. The summed E-state index contributed by atoms with van der Waals surface area (Å²) in [5, 5.41) is 10.1. The highest BCUT2D eigenvalue weighted by Crippen LogP contribution is 2.24. The van der Waals surface area contributed by atoms with E-state index in [9.17, 15) is 5.11 Å². The van der Waals surface area contributed by atoms with Gasteiger partial charge in [-0.15, -0.1) is 0 Å². The zero-order valence-corrected chi connectivity index (χ0v) is 12.1. The van der Waals surface area contributed by atoms with E-state index < -0.39 is 0 Å². The Morgan fingerprint density at radius 2 is 2.05 bits per heavy atom. The number of nitrogens with zero attached hydrogens (tertiary/aromatic N) is 1. The Morgan fingerprint density at radius 1 is 1.26 bits per heavy atom. The molecule has 1 saturated heterocycles. The molecule has 0 unspecified atom stereocenters. The van der Waals surface area contributed by atoms with Gasteiger partial charge in [0, 0.05) is 12.6 Å². The fraction of sp³-hybridized carbons (Fsp3) is 0.647. The van der Waals surface area contributed by atoms with Crippen molar-refractivity contribution in [2.24, 2.45) is 0 Å². The zero-order chi connectivity index (χ0) is 13.5. The lowest BCUT2D eigenvalue weighted by Crippen LogP contribution is -2.40. The zero-order valence-electron chi connectivity index (χ0n) is 12.1. The van der Waals surface area contributed by atoms with E-state index >= 15 is 0 Å². The van der Waals surface area contributed by atoms with E-state index in [0.717, 1.165) is 25.8 Å². The third-order valence-corrected chi connectivity index (χ3v) is 4.14. The molecule has 0 spiro atoms. The third kappa shape index (κ3) is 4.63. The van der Waals surface area contributed by atoms with Crippen LogP contribution in [0.3, 0.4) is 0 Å². The Kier molecular flexibility index (Phi) is 5.87. The molecule has 0 aliphatic carbocycles. The van der Waals surface area contributed by atoms with E-state index in [1.807, 2.05) is 0 Å². The average molecular weight is 261 g/mol. The number of benzene rings is 1. The van der Waals surface area contributed by atoms with Gasteiger partial charge in [-0.05, 0) is 37.8 Å². The minimum Gasteiger partial charge on any atom is -0.393 e. The van der Waals surface area contributed by atoms with Gasteiger partial charge >= 0.3 is 0 Å². The Balaban J connectivity index is 1.92. The van der Waals surface area contributed by atoms with Gasteiger partial charge in [0.1, 0.15) is 0 Å². The average Bonchev–Trinajstić information content (AvgIpc) is 2.42. The number of aliphatic hydroxyl groups excluding tert-OH is 1. The van der Waals surface area contributed by atoms with Crippen LogP contribution >= 0.6 is 0 Å². The van der Waals surface area contributed by atoms with Gasteiger partial charge in [0.25, 0.3) is 0 Å². The van der Waals surface area contributed by atoms with E-state index in [1.54, 1.807) is 0 Å². The van der Waals surface area contributed by atoms with Crippen LogP contribution in [0.15, 0.2) is 30.3 Å². The maximum Gasteiger partial charge on any atom is 0.0555 e. The predicted octanol–water partition coefficient (Wildman–Crippen LogP) is 3.59. The van der Waals surface area contributed by atoms with Crippen molar-refractivity contribution >= 4 is 0 Å². The van der Waals surface area contributed by atoms with Crippen LogP contribution in [-0.2, 0) is 6.54 Å². The summed E-state index contributed by atoms with van der Waals surface area (Å²) in [5.41, 5.74) is 1.39.